The van der Waals surface area contributed by atoms with Crippen molar-refractivity contribution in [3.63, 3.8) is 0 Å². The van der Waals surface area contributed by atoms with Crippen LogP contribution in [0.3, 0.4) is 0 Å². The first kappa shape index (κ1) is 13.8. The first-order valence-electron chi connectivity index (χ1n) is 5.78. The molecule has 2 N–H and O–H groups in total. The topological polar surface area (TPSA) is 85.0 Å². The first-order chi connectivity index (χ1) is 9.22. The zero-order chi connectivity index (χ0) is 13.7. The summed E-state index contributed by atoms with van der Waals surface area (Å²) in [4.78, 5) is 15.8. The maximum absolute atomic E-state index is 11.9. The van der Waals surface area contributed by atoms with Crippen LogP contribution in [0.15, 0.2) is 34.2 Å². The van der Waals surface area contributed by atoms with Gasteiger partial charge in [-0.05, 0) is 15.9 Å². The van der Waals surface area contributed by atoms with E-state index in [1.807, 2.05) is 10.8 Å². The quantitative estimate of drug-likeness (QED) is 0.797. The van der Waals surface area contributed by atoms with Crippen molar-refractivity contribution in [2.24, 2.45) is 0 Å². The number of hydrogen-bond acceptors (Lipinski definition) is 5. The lowest BCUT2D eigenvalue weighted by Gasteiger charge is -2.10. The van der Waals surface area contributed by atoms with Crippen molar-refractivity contribution >= 4 is 21.6 Å². The molecule has 0 aromatic carbocycles. The Labute approximate surface area is 118 Å². The Balaban J connectivity index is 2.01. The lowest BCUT2D eigenvalue weighted by Crippen LogP contribution is -2.26. The summed E-state index contributed by atoms with van der Waals surface area (Å²) in [6.07, 6.45) is 6.88. The van der Waals surface area contributed by atoms with Gasteiger partial charge in [-0.2, -0.15) is 5.10 Å². The number of aromatic nitrogens is 4. The van der Waals surface area contributed by atoms with E-state index in [0.717, 1.165) is 6.54 Å². The van der Waals surface area contributed by atoms with Gasteiger partial charge in [-0.3, -0.25) is 4.79 Å². The molecule has 0 spiro atoms. The fourth-order valence-electron chi connectivity index (χ4n) is 1.58. The lowest BCUT2D eigenvalue weighted by molar-refractivity contribution is 0.266. The summed E-state index contributed by atoms with van der Waals surface area (Å²) < 4.78 is 3.56. The van der Waals surface area contributed by atoms with Crippen molar-refractivity contribution in [2.45, 2.75) is 13.1 Å². The van der Waals surface area contributed by atoms with E-state index in [4.69, 9.17) is 5.11 Å². The van der Waals surface area contributed by atoms with Crippen LogP contribution < -0.4 is 10.9 Å². The molecule has 0 fully saturated rings. The van der Waals surface area contributed by atoms with Gasteiger partial charge in [-0.15, -0.1) is 0 Å². The maximum atomic E-state index is 11.9. The number of aliphatic hydroxyl groups excluding tert-OH is 1. The van der Waals surface area contributed by atoms with Crippen LogP contribution in [-0.2, 0) is 13.1 Å². The molecule has 0 bridgehead atoms. The molecule has 102 valence electrons. The van der Waals surface area contributed by atoms with Crippen LogP contribution in [0.1, 0.15) is 0 Å². The molecule has 0 aliphatic heterocycles. The predicted octanol–water partition coefficient (Wildman–Crippen LogP) is 0.307. The number of aliphatic hydroxyl groups is 1. The third kappa shape index (κ3) is 3.42. The number of hydrogen-bond donors (Lipinski definition) is 2. The minimum atomic E-state index is -0.262. The van der Waals surface area contributed by atoms with E-state index in [2.05, 4.69) is 31.3 Å². The number of imidazole rings is 1. The summed E-state index contributed by atoms with van der Waals surface area (Å²) in [5.41, 5.74) is 0.376. The standard InChI is InChI=1S/C11H14BrN5O2/c12-10-9(7-15-17(5-6-18)11(10)19)14-2-4-16-3-1-13-8-16/h1,3,7-8,14,18H,2,4-6H2. The second-order valence-corrected chi connectivity index (χ2v) is 4.64. The molecule has 19 heavy (non-hydrogen) atoms. The summed E-state index contributed by atoms with van der Waals surface area (Å²) in [5.74, 6) is 0. The van der Waals surface area contributed by atoms with Crippen LogP contribution >= 0.6 is 15.9 Å². The molecule has 0 unspecified atom stereocenters. The van der Waals surface area contributed by atoms with E-state index in [0.29, 0.717) is 16.7 Å². The molecule has 2 aromatic heterocycles. The summed E-state index contributed by atoms with van der Waals surface area (Å²) in [7, 11) is 0. The molecule has 0 amide bonds. The van der Waals surface area contributed by atoms with Gasteiger partial charge in [-0.25, -0.2) is 9.67 Å². The Morgan fingerprint density at radius 2 is 2.26 bits per heavy atom. The smallest absolute Gasteiger partial charge is 0.283 e. The van der Waals surface area contributed by atoms with E-state index in [-0.39, 0.29) is 18.7 Å². The van der Waals surface area contributed by atoms with E-state index < -0.39 is 0 Å². The number of halogens is 1. The van der Waals surface area contributed by atoms with Gasteiger partial charge in [0.2, 0.25) is 0 Å². The summed E-state index contributed by atoms with van der Waals surface area (Å²) in [5, 5.41) is 15.9. The molecular formula is C11H14BrN5O2. The summed E-state index contributed by atoms with van der Waals surface area (Å²) in [6, 6.07) is 0. The van der Waals surface area contributed by atoms with E-state index in [1.54, 1.807) is 18.7 Å². The highest BCUT2D eigenvalue weighted by atomic mass is 79.9. The normalized spacial score (nSPS) is 10.6. The third-order valence-electron chi connectivity index (χ3n) is 2.54. The molecule has 0 aliphatic rings. The first-order valence-corrected chi connectivity index (χ1v) is 6.57. The van der Waals surface area contributed by atoms with Gasteiger partial charge in [-0.1, -0.05) is 0 Å². The van der Waals surface area contributed by atoms with Crippen molar-refractivity contribution < 1.29 is 5.11 Å². The minimum Gasteiger partial charge on any atom is -0.394 e. The van der Waals surface area contributed by atoms with Crippen LogP contribution in [0.2, 0.25) is 0 Å². The Morgan fingerprint density at radius 1 is 1.42 bits per heavy atom. The second kappa shape index (κ2) is 6.48. The fourth-order valence-corrected chi connectivity index (χ4v) is 2.03. The summed E-state index contributed by atoms with van der Waals surface area (Å²) in [6.45, 7) is 1.46. The molecule has 7 nitrogen and oxygen atoms in total. The van der Waals surface area contributed by atoms with Gasteiger partial charge < -0.3 is 15.0 Å². The molecule has 0 aliphatic carbocycles. The second-order valence-electron chi connectivity index (χ2n) is 3.85. The fraction of sp³-hybridized carbons (Fsp3) is 0.364. The molecule has 2 rings (SSSR count). The largest absolute Gasteiger partial charge is 0.394 e. The number of nitrogens with zero attached hydrogens (tertiary/aromatic N) is 4. The van der Waals surface area contributed by atoms with Crippen LogP contribution in [0.25, 0.3) is 0 Å². The van der Waals surface area contributed by atoms with Crippen molar-refractivity contribution in [3.05, 3.63) is 39.7 Å². The van der Waals surface area contributed by atoms with Crippen molar-refractivity contribution in [1.29, 1.82) is 0 Å². The molecule has 0 saturated carbocycles. The van der Waals surface area contributed by atoms with Crippen LogP contribution in [0.5, 0.6) is 0 Å². The van der Waals surface area contributed by atoms with Gasteiger partial charge in [0, 0.05) is 25.5 Å². The minimum absolute atomic E-state index is 0.118. The molecule has 8 heteroatoms. The third-order valence-corrected chi connectivity index (χ3v) is 3.31. The Bertz CT molecular complexity index is 581. The average Bonchev–Trinajstić information content (AvgIpc) is 2.91. The monoisotopic (exact) mass is 327 g/mol. The number of rotatable bonds is 6. The number of anilines is 1. The highest BCUT2D eigenvalue weighted by molar-refractivity contribution is 9.10. The van der Waals surface area contributed by atoms with E-state index in [9.17, 15) is 4.79 Å². The van der Waals surface area contributed by atoms with Crippen LogP contribution in [0.4, 0.5) is 5.69 Å². The van der Waals surface area contributed by atoms with Crippen molar-refractivity contribution in [1.82, 2.24) is 19.3 Å². The average molecular weight is 328 g/mol. The SMILES string of the molecule is O=c1c(Br)c(NCCn2ccnc2)cnn1CCO. The lowest BCUT2D eigenvalue weighted by atomic mass is 10.4. The highest BCUT2D eigenvalue weighted by Crippen LogP contribution is 2.15. The molecule has 0 saturated heterocycles. The highest BCUT2D eigenvalue weighted by Gasteiger charge is 2.07. The van der Waals surface area contributed by atoms with Crippen LogP contribution in [0, 0.1) is 0 Å². The molecule has 2 heterocycles. The van der Waals surface area contributed by atoms with Crippen LogP contribution in [-0.4, -0.2) is 37.6 Å². The van der Waals surface area contributed by atoms with Crippen molar-refractivity contribution in [2.75, 3.05) is 18.5 Å². The van der Waals surface area contributed by atoms with Gasteiger partial charge in [0.1, 0.15) is 4.47 Å². The molecule has 0 radical (unpaired) electrons. The molecule has 2 aromatic rings. The van der Waals surface area contributed by atoms with E-state index in [1.165, 1.54) is 4.68 Å². The van der Waals surface area contributed by atoms with Gasteiger partial charge in [0.25, 0.3) is 5.56 Å². The van der Waals surface area contributed by atoms with Gasteiger partial charge in [0.05, 0.1) is 31.4 Å². The van der Waals surface area contributed by atoms with Gasteiger partial charge in [0.15, 0.2) is 0 Å². The summed E-state index contributed by atoms with van der Waals surface area (Å²) >= 11 is 3.24. The Kier molecular flexibility index (Phi) is 4.69. The number of nitrogens with one attached hydrogen (secondary N) is 1. The zero-order valence-electron chi connectivity index (χ0n) is 10.2. The van der Waals surface area contributed by atoms with Gasteiger partial charge >= 0.3 is 0 Å². The molecular weight excluding hydrogens is 314 g/mol. The zero-order valence-corrected chi connectivity index (χ0v) is 11.7. The molecule has 0 atom stereocenters. The van der Waals surface area contributed by atoms with Crippen molar-refractivity contribution in [3.8, 4) is 0 Å². The predicted molar refractivity (Wildman–Crippen MR) is 74.0 cm³/mol. The maximum Gasteiger partial charge on any atom is 0.283 e. The van der Waals surface area contributed by atoms with E-state index >= 15 is 0 Å². The Morgan fingerprint density at radius 3 is 2.95 bits per heavy atom. The Hall–Kier alpha value is -1.67.